The molecule has 0 spiro atoms. The minimum Gasteiger partial charge on any atom is -0.338 e. The van der Waals surface area contributed by atoms with Crippen LogP contribution in [-0.4, -0.2) is 72.1 Å². The third-order valence-electron chi connectivity index (χ3n) is 7.87. The number of aryl methyl sites for hydroxylation is 1. The lowest BCUT2D eigenvalue weighted by molar-refractivity contribution is -0.133. The molecule has 0 aliphatic carbocycles. The molecular weight excluding hydrogens is 585 g/mol. The van der Waals surface area contributed by atoms with Gasteiger partial charge in [-0.15, -0.1) is 5.10 Å². The minimum absolute atomic E-state index is 0.0289. The van der Waals surface area contributed by atoms with Crippen LogP contribution in [0.4, 0.5) is 0 Å². The van der Waals surface area contributed by atoms with Gasteiger partial charge in [0.15, 0.2) is 0 Å². The van der Waals surface area contributed by atoms with Crippen LogP contribution in [0.2, 0.25) is 15.1 Å². The molecule has 41 heavy (non-hydrogen) atoms. The van der Waals surface area contributed by atoms with Gasteiger partial charge in [0.05, 0.1) is 34.0 Å². The lowest BCUT2D eigenvalue weighted by Gasteiger charge is -2.36. The first-order valence-corrected chi connectivity index (χ1v) is 14.7. The van der Waals surface area contributed by atoms with Gasteiger partial charge in [0, 0.05) is 42.5 Å². The number of piperidine rings is 1. The zero-order valence-corrected chi connectivity index (χ0v) is 24.6. The number of amides is 2. The van der Waals surface area contributed by atoms with Crippen molar-refractivity contribution in [3.63, 3.8) is 0 Å². The maximum absolute atomic E-state index is 13.4. The zero-order chi connectivity index (χ0) is 28.7. The third-order valence-corrected chi connectivity index (χ3v) is 8.93. The highest BCUT2D eigenvalue weighted by Gasteiger charge is 2.39. The first-order valence-electron chi connectivity index (χ1n) is 13.5. The van der Waals surface area contributed by atoms with E-state index in [1.807, 2.05) is 53.3 Å². The molecular formula is C29H28Cl3N7O2. The number of carbonyl (C=O) groups is 2. The van der Waals surface area contributed by atoms with Gasteiger partial charge >= 0.3 is 0 Å². The van der Waals surface area contributed by atoms with Gasteiger partial charge in [-0.2, -0.15) is 5.10 Å². The largest absolute Gasteiger partial charge is 0.338 e. The summed E-state index contributed by atoms with van der Waals surface area (Å²) in [6.45, 7) is 4.20. The van der Waals surface area contributed by atoms with Crippen molar-refractivity contribution in [3.05, 3.63) is 86.7 Å². The van der Waals surface area contributed by atoms with E-state index in [1.54, 1.807) is 27.7 Å². The first kappa shape index (κ1) is 27.8. The van der Waals surface area contributed by atoms with Gasteiger partial charge in [-0.1, -0.05) is 64.3 Å². The van der Waals surface area contributed by atoms with Crippen LogP contribution in [-0.2, 0) is 11.3 Å². The van der Waals surface area contributed by atoms with E-state index in [4.69, 9.17) is 34.8 Å². The van der Waals surface area contributed by atoms with Crippen LogP contribution in [0.25, 0.3) is 11.3 Å². The summed E-state index contributed by atoms with van der Waals surface area (Å²) in [7, 11) is 0. The molecule has 9 nitrogen and oxygen atoms in total. The molecule has 212 valence electrons. The maximum atomic E-state index is 13.4. The van der Waals surface area contributed by atoms with Gasteiger partial charge < -0.3 is 9.80 Å². The summed E-state index contributed by atoms with van der Waals surface area (Å²) >= 11 is 18.6. The first-order chi connectivity index (χ1) is 19.8. The smallest absolute Gasteiger partial charge is 0.257 e. The summed E-state index contributed by atoms with van der Waals surface area (Å²) in [5.41, 5.74) is 3.56. The highest BCUT2D eigenvalue weighted by Crippen LogP contribution is 2.34. The second-order valence-corrected chi connectivity index (χ2v) is 11.7. The van der Waals surface area contributed by atoms with Crippen molar-refractivity contribution in [2.45, 2.75) is 44.8 Å². The van der Waals surface area contributed by atoms with E-state index in [0.29, 0.717) is 70.2 Å². The van der Waals surface area contributed by atoms with Crippen LogP contribution in [0.5, 0.6) is 0 Å². The molecule has 0 bridgehead atoms. The predicted molar refractivity (Wildman–Crippen MR) is 157 cm³/mol. The molecule has 2 aliphatic heterocycles. The maximum Gasteiger partial charge on any atom is 0.257 e. The Bertz CT molecular complexity index is 1610. The fourth-order valence-corrected chi connectivity index (χ4v) is 6.34. The number of nitrogens with zero attached hydrogens (tertiary/aromatic N) is 7. The number of hydrogen-bond donors (Lipinski definition) is 0. The topological polar surface area (TPSA) is 89.2 Å². The second kappa shape index (κ2) is 11.5. The summed E-state index contributed by atoms with van der Waals surface area (Å²) in [6, 6.07) is 12.6. The van der Waals surface area contributed by atoms with Gasteiger partial charge in [-0.25, -0.2) is 4.68 Å². The highest BCUT2D eigenvalue weighted by atomic mass is 35.5. The van der Waals surface area contributed by atoms with Gasteiger partial charge in [0.1, 0.15) is 11.7 Å². The van der Waals surface area contributed by atoms with E-state index in [0.717, 1.165) is 18.4 Å². The predicted octanol–water partition coefficient (Wildman–Crippen LogP) is 5.54. The van der Waals surface area contributed by atoms with Crippen LogP contribution in [0.3, 0.4) is 0 Å². The van der Waals surface area contributed by atoms with Crippen LogP contribution < -0.4 is 0 Å². The van der Waals surface area contributed by atoms with E-state index in [1.165, 1.54) is 0 Å². The normalized spacial score (nSPS) is 18.0. The van der Waals surface area contributed by atoms with E-state index in [-0.39, 0.29) is 17.9 Å². The summed E-state index contributed by atoms with van der Waals surface area (Å²) in [5, 5.41) is 14.5. The number of likely N-dealkylation sites (tertiary alicyclic amines) is 2. The summed E-state index contributed by atoms with van der Waals surface area (Å²) in [6.07, 6.45) is 5.65. The van der Waals surface area contributed by atoms with Crippen LogP contribution >= 0.6 is 34.8 Å². The molecule has 0 radical (unpaired) electrons. The fourth-order valence-electron chi connectivity index (χ4n) is 5.73. The van der Waals surface area contributed by atoms with E-state index in [2.05, 4.69) is 15.4 Å². The van der Waals surface area contributed by atoms with Crippen LogP contribution in [0, 0.1) is 6.92 Å². The molecule has 0 N–H and O–H groups in total. The van der Waals surface area contributed by atoms with Gasteiger partial charge in [-0.3, -0.25) is 14.3 Å². The summed E-state index contributed by atoms with van der Waals surface area (Å²) in [4.78, 5) is 30.6. The third kappa shape index (κ3) is 5.58. The standard InChI is InChI=1S/C29H28Cl3N7O2/c1-18-23(16-37(34-18)15-19-4-2-5-20(30)14-19)28(40)36-11-8-21(9-12-36)38-13-10-26(29(38)41)39-17-25(33-35-39)22-6-3-7-24(31)27(22)32/h2-7,14,16-17,21,26H,8-13,15H2,1H3. The molecule has 2 aromatic heterocycles. The van der Waals surface area contributed by atoms with Gasteiger partial charge in [0.25, 0.3) is 5.91 Å². The Morgan fingerprint density at radius 1 is 1.00 bits per heavy atom. The SMILES string of the molecule is Cc1nn(Cc2cccc(Cl)c2)cc1C(=O)N1CCC(N2CCC(n3cc(-c4cccc(Cl)c4Cl)nn3)C2=O)CC1. The van der Waals surface area contributed by atoms with Crippen molar-refractivity contribution in [1.29, 1.82) is 0 Å². The molecule has 1 unspecified atom stereocenters. The van der Waals surface area contributed by atoms with Crippen molar-refractivity contribution in [2.24, 2.45) is 0 Å². The minimum atomic E-state index is -0.415. The Morgan fingerprint density at radius 2 is 1.78 bits per heavy atom. The van der Waals surface area contributed by atoms with Gasteiger partial charge in [-0.05, 0) is 49.9 Å². The molecule has 2 saturated heterocycles. The Hall–Kier alpha value is -3.40. The number of halogens is 3. The number of aromatic nitrogens is 5. The fraction of sp³-hybridized carbons (Fsp3) is 0.345. The Labute approximate surface area is 252 Å². The molecule has 2 fully saturated rings. The molecule has 6 rings (SSSR count). The average Bonchev–Trinajstić information content (AvgIpc) is 3.68. The van der Waals surface area contributed by atoms with Crippen molar-refractivity contribution >= 4 is 46.6 Å². The molecule has 1 atom stereocenters. The molecule has 4 aromatic rings. The van der Waals surface area contributed by atoms with E-state index in [9.17, 15) is 9.59 Å². The lowest BCUT2D eigenvalue weighted by atomic mass is 10.0. The second-order valence-electron chi connectivity index (χ2n) is 10.5. The number of hydrogen-bond acceptors (Lipinski definition) is 5. The van der Waals surface area contributed by atoms with Crippen molar-refractivity contribution in [2.75, 3.05) is 19.6 Å². The zero-order valence-electron chi connectivity index (χ0n) is 22.4. The van der Waals surface area contributed by atoms with Crippen molar-refractivity contribution < 1.29 is 9.59 Å². The number of rotatable bonds is 6. The Balaban J connectivity index is 1.07. The number of benzene rings is 2. The summed E-state index contributed by atoms with van der Waals surface area (Å²) < 4.78 is 3.40. The van der Waals surface area contributed by atoms with Crippen LogP contribution in [0.15, 0.2) is 54.9 Å². The Morgan fingerprint density at radius 3 is 2.56 bits per heavy atom. The Kier molecular flexibility index (Phi) is 7.76. The van der Waals surface area contributed by atoms with Crippen LogP contribution in [0.1, 0.15) is 46.9 Å². The molecule has 2 aromatic carbocycles. The average molecular weight is 613 g/mol. The van der Waals surface area contributed by atoms with E-state index < -0.39 is 6.04 Å². The molecule has 4 heterocycles. The molecule has 2 aliphatic rings. The molecule has 12 heteroatoms. The van der Waals surface area contributed by atoms with Crippen molar-refractivity contribution in [1.82, 2.24) is 34.6 Å². The summed E-state index contributed by atoms with van der Waals surface area (Å²) in [5.74, 6) is 0.000272. The lowest BCUT2D eigenvalue weighted by Crippen LogP contribution is -2.47. The van der Waals surface area contributed by atoms with Gasteiger partial charge in [0.2, 0.25) is 5.91 Å². The number of carbonyl (C=O) groups excluding carboxylic acids is 2. The van der Waals surface area contributed by atoms with E-state index >= 15 is 0 Å². The monoisotopic (exact) mass is 611 g/mol. The highest BCUT2D eigenvalue weighted by molar-refractivity contribution is 6.43. The molecule has 2 amide bonds. The quantitative estimate of drug-likeness (QED) is 0.285. The van der Waals surface area contributed by atoms with Crippen molar-refractivity contribution in [3.8, 4) is 11.3 Å². The molecule has 0 saturated carbocycles.